The maximum Gasteiger partial charge on any atom is 0.271 e. The number of thiophene rings is 1. The molecule has 0 aliphatic carbocycles. The fourth-order valence-corrected chi connectivity index (χ4v) is 4.95. The molecule has 2 aromatic heterocycles. The van der Waals surface area contributed by atoms with Crippen molar-refractivity contribution in [1.29, 1.82) is 0 Å². The monoisotopic (exact) mass is 383 g/mol. The minimum atomic E-state index is -3.61. The first-order valence-electron chi connectivity index (χ1n) is 7.37. The van der Waals surface area contributed by atoms with E-state index in [1.54, 1.807) is 12.1 Å². The van der Waals surface area contributed by atoms with Crippen molar-refractivity contribution in [3.8, 4) is 0 Å². The summed E-state index contributed by atoms with van der Waals surface area (Å²) in [6.07, 6.45) is 2.02. The number of sulfonamides is 1. The summed E-state index contributed by atoms with van der Waals surface area (Å²) in [6, 6.07) is 10.6. The number of likely N-dealkylation sites (N-methyl/N-ethyl adjacent to an activating group) is 1. The Balaban J connectivity index is 1.84. The van der Waals surface area contributed by atoms with E-state index in [2.05, 4.69) is 14.2 Å². The fraction of sp³-hybridized carbons (Fsp3) is 0.250. The van der Waals surface area contributed by atoms with Gasteiger partial charge >= 0.3 is 0 Å². The molecule has 2 heterocycles. The molecule has 3 rings (SSSR count). The summed E-state index contributed by atoms with van der Waals surface area (Å²) in [5.41, 5.74) is 1.62. The van der Waals surface area contributed by atoms with Crippen LogP contribution in [0.2, 0.25) is 4.34 Å². The molecule has 0 saturated carbocycles. The fourth-order valence-electron chi connectivity index (χ4n) is 2.41. The Hall–Kier alpha value is -1.54. The van der Waals surface area contributed by atoms with E-state index in [9.17, 15) is 8.42 Å². The third-order valence-corrected chi connectivity index (χ3v) is 6.73. The average molecular weight is 384 g/mol. The van der Waals surface area contributed by atoms with E-state index in [-0.39, 0.29) is 4.21 Å². The number of fused-ring (bicyclic) bond motifs is 1. The van der Waals surface area contributed by atoms with Gasteiger partial charge in [0.05, 0.1) is 4.34 Å². The van der Waals surface area contributed by atoms with Gasteiger partial charge in [-0.3, -0.25) is 4.72 Å². The Bertz CT molecular complexity index is 961. The number of anilines is 1. The summed E-state index contributed by atoms with van der Waals surface area (Å²) >= 11 is 6.86. The van der Waals surface area contributed by atoms with Crippen molar-refractivity contribution in [3.63, 3.8) is 0 Å². The van der Waals surface area contributed by atoms with E-state index in [4.69, 9.17) is 11.6 Å². The number of benzene rings is 1. The lowest BCUT2D eigenvalue weighted by molar-refractivity contribution is 0.387. The molecular formula is C16H18ClN3O2S2. The van der Waals surface area contributed by atoms with Crippen LogP contribution in [-0.2, 0) is 16.6 Å². The maximum atomic E-state index is 12.4. The van der Waals surface area contributed by atoms with Gasteiger partial charge in [0.2, 0.25) is 0 Å². The summed E-state index contributed by atoms with van der Waals surface area (Å²) in [6.45, 7) is 1.83. The molecule has 0 fully saturated rings. The first-order chi connectivity index (χ1) is 11.3. The highest BCUT2D eigenvalue weighted by atomic mass is 35.5. The number of aromatic nitrogens is 1. The van der Waals surface area contributed by atoms with Crippen molar-refractivity contribution in [3.05, 3.63) is 46.9 Å². The van der Waals surface area contributed by atoms with Crippen LogP contribution in [-0.4, -0.2) is 38.5 Å². The molecule has 1 N–H and O–H groups in total. The Morgan fingerprint density at radius 3 is 2.67 bits per heavy atom. The van der Waals surface area contributed by atoms with E-state index >= 15 is 0 Å². The van der Waals surface area contributed by atoms with Crippen LogP contribution >= 0.6 is 22.9 Å². The van der Waals surface area contributed by atoms with Gasteiger partial charge in [0.25, 0.3) is 10.0 Å². The highest BCUT2D eigenvalue weighted by molar-refractivity contribution is 7.94. The Morgan fingerprint density at radius 1 is 1.21 bits per heavy atom. The molecule has 0 spiro atoms. The third-order valence-electron chi connectivity index (χ3n) is 3.62. The molecule has 0 aliphatic rings. The molecule has 5 nitrogen and oxygen atoms in total. The molecule has 0 amide bonds. The third kappa shape index (κ3) is 3.75. The van der Waals surface area contributed by atoms with Gasteiger partial charge in [-0.2, -0.15) is 0 Å². The van der Waals surface area contributed by atoms with Crippen LogP contribution in [0.5, 0.6) is 0 Å². The highest BCUT2D eigenvalue weighted by Crippen LogP contribution is 2.28. The lowest BCUT2D eigenvalue weighted by Crippen LogP contribution is -2.17. The van der Waals surface area contributed by atoms with Crippen LogP contribution in [0.3, 0.4) is 0 Å². The van der Waals surface area contributed by atoms with Crippen molar-refractivity contribution in [2.75, 3.05) is 25.4 Å². The van der Waals surface area contributed by atoms with Gasteiger partial charge in [0.1, 0.15) is 4.21 Å². The zero-order valence-electron chi connectivity index (χ0n) is 13.4. The summed E-state index contributed by atoms with van der Waals surface area (Å²) in [5, 5.41) is 0.998. The molecule has 24 heavy (non-hydrogen) atoms. The van der Waals surface area contributed by atoms with Crippen molar-refractivity contribution in [1.82, 2.24) is 9.47 Å². The minimum Gasteiger partial charge on any atom is -0.346 e. The zero-order chi connectivity index (χ0) is 17.3. The van der Waals surface area contributed by atoms with E-state index in [1.165, 1.54) is 6.07 Å². The molecule has 0 aliphatic heterocycles. The first-order valence-corrected chi connectivity index (χ1v) is 10.0. The Morgan fingerprint density at radius 2 is 2.00 bits per heavy atom. The van der Waals surface area contributed by atoms with Gasteiger partial charge < -0.3 is 9.47 Å². The van der Waals surface area contributed by atoms with Crippen LogP contribution in [0.1, 0.15) is 0 Å². The molecule has 8 heteroatoms. The van der Waals surface area contributed by atoms with Gasteiger partial charge in [0.15, 0.2) is 0 Å². The maximum absolute atomic E-state index is 12.4. The van der Waals surface area contributed by atoms with Gasteiger partial charge in [-0.25, -0.2) is 8.42 Å². The summed E-state index contributed by atoms with van der Waals surface area (Å²) < 4.78 is 30.1. The SMILES string of the molecule is CN(C)CCn1ccc2cc(NS(=O)(=O)c3ccc(Cl)s3)ccc21. The average Bonchev–Trinajstić information content (AvgIpc) is 3.11. The molecule has 0 saturated heterocycles. The minimum absolute atomic E-state index is 0.205. The van der Waals surface area contributed by atoms with Crippen LogP contribution in [0.4, 0.5) is 5.69 Å². The number of nitrogens with zero attached hydrogens (tertiary/aromatic N) is 2. The number of hydrogen-bond donors (Lipinski definition) is 1. The molecule has 1 aromatic carbocycles. The molecule has 0 atom stereocenters. The largest absolute Gasteiger partial charge is 0.346 e. The lowest BCUT2D eigenvalue weighted by Gasteiger charge is -2.11. The molecule has 0 radical (unpaired) electrons. The second-order valence-corrected chi connectivity index (χ2v) is 9.37. The standard InChI is InChI=1S/C16H18ClN3O2S2/c1-19(2)9-10-20-8-7-12-11-13(3-4-14(12)20)18-24(21,22)16-6-5-15(17)23-16/h3-8,11,18H,9-10H2,1-2H3. The summed E-state index contributed by atoms with van der Waals surface area (Å²) in [7, 11) is 0.469. The van der Waals surface area contributed by atoms with Crippen LogP contribution in [0.25, 0.3) is 10.9 Å². The topological polar surface area (TPSA) is 54.3 Å². The summed E-state index contributed by atoms with van der Waals surface area (Å²) in [5.74, 6) is 0. The van der Waals surface area contributed by atoms with Gasteiger partial charge in [-0.05, 0) is 50.5 Å². The second kappa shape index (κ2) is 6.76. The van der Waals surface area contributed by atoms with E-state index in [0.717, 1.165) is 35.3 Å². The van der Waals surface area contributed by atoms with Crippen LogP contribution in [0.15, 0.2) is 46.8 Å². The molecule has 0 bridgehead atoms. The number of halogens is 1. The van der Waals surface area contributed by atoms with Crippen LogP contribution in [0, 0.1) is 0 Å². The second-order valence-electron chi connectivity index (χ2n) is 5.75. The zero-order valence-corrected chi connectivity index (χ0v) is 15.7. The number of nitrogens with one attached hydrogen (secondary N) is 1. The first kappa shape index (κ1) is 17.3. The Kier molecular flexibility index (Phi) is 4.87. The normalized spacial score (nSPS) is 12.2. The van der Waals surface area contributed by atoms with E-state index in [1.807, 2.05) is 38.5 Å². The predicted molar refractivity (Wildman–Crippen MR) is 101 cm³/mol. The van der Waals surface area contributed by atoms with Crippen LogP contribution < -0.4 is 4.72 Å². The number of rotatable bonds is 6. The van der Waals surface area contributed by atoms with Gasteiger partial charge in [-0.15, -0.1) is 11.3 Å². The predicted octanol–water partition coefficient (Wildman–Crippen LogP) is 3.72. The lowest BCUT2D eigenvalue weighted by atomic mass is 10.2. The quantitative estimate of drug-likeness (QED) is 0.705. The Labute approximate surface area is 150 Å². The van der Waals surface area contributed by atoms with Crippen molar-refractivity contribution < 1.29 is 8.42 Å². The molecule has 0 unspecified atom stereocenters. The van der Waals surface area contributed by atoms with Gasteiger partial charge in [0, 0.05) is 35.9 Å². The smallest absolute Gasteiger partial charge is 0.271 e. The van der Waals surface area contributed by atoms with Crippen molar-refractivity contribution in [2.45, 2.75) is 10.8 Å². The van der Waals surface area contributed by atoms with E-state index in [0.29, 0.717) is 10.0 Å². The van der Waals surface area contributed by atoms with E-state index < -0.39 is 10.0 Å². The highest BCUT2D eigenvalue weighted by Gasteiger charge is 2.17. The summed E-state index contributed by atoms with van der Waals surface area (Å²) in [4.78, 5) is 2.13. The molecule has 128 valence electrons. The number of hydrogen-bond acceptors (Lipinski definition) is 4. The molecular weight excluding hydrogens is 366 g/mol. The van der Waals surface area contributed by atoms with Crippen molar-refractivity contribution >= 4 is 49.6 Å². The van der Waals surface area contributed by atoms with Crippen molar-refractivity contribution in [2.24, 2.45) is 0 Å². The van der Waals surface area contributed by atoms with Gasteiger partial charge in [-0.1, -0.05) is 11.6 Å². The molecule has 3 aromatic rings.